The second-order valence-corrected chi connectivity index (χ2v) is 2.65. The topological polar surface area (TPSA) is 54.4 Å². The number of hydrogen-bond acceptors (Lipinski definition) is 2. The highest BCUT2D eigenvalue weighted by atomic mass is 16.4. The molecule has 0 amide bonds. The number of carboxylic acid groups (broad SMARTS) is 1. The first kappa shape index (κ1) is 20.5. The molecule has 1 aliphatic rings. The van der Waals surface area contributed by atoms with Gasteiger partial charge in [0.25, 0.3) is 0 Å². The summed E-state index contributed by atoms with van der Waals surface area (Å²) in [6, 6.07) is 0. The maximum absolute atomic E-state index is 10.6. The molecule has 0 saturated heterocycles. The van der Waals surface area contributed by atoms with E-state index in [1.54, 1.807) is 0 Å². The van der Waals surface area contributed by atoms with E-state index in [2.05, 4.69) is 0 Å². The molecular formula is C13H28O3. The summed E-state index contributed by atoms with van der Waals surface area (Å²) in [5.41, 5.74) is 0. The molecule has 1 saturated carbocycles. The summed E-state index contributed by atoms with van der Waals surface area (Å²) in [5, 5.41) is 8.51. The predicted octanol–water partition coefficient (Wildman–Crippen LogP) is 3.91. The van der Waals surface area contributed by atoms with E-state index in [9.17, 15) is 9.59 Å². The molecule has 1 aliphatic carbocycles. The van der Waals surface area contributed by atoms with E-state index in [1.165, 1.54) is 0 Å². The Morgan fingerprint density at radius 1 is 1.00 bits per heavy atom. The van der Waals surface area contributed by atoms with Crippen molar-refractivity contribution in [3.63, 3.8) is 0 Å². The lowest BCUT2D eigenvalue weighted by Crippen LogP contribution is -2.20. The highest BCUT2D eigenvalue weighted by Gasteiger charge is 2.23. The number of Topliss-reactive ketones (excluding diaryl/α,β-unsaturated/α-hetero) is 1. The van der Waals surface area contributed by atoms with Gasteiger partial charge < -0.3 is 5.11 Å². The summed E-state index contributed by atoms with van der Waals surface area (Å²) in [4.78, 5) is 21.0. The van der Waals surface area contributed by atoms with Crippen molar-refractivity contribution in [2.24, 2.45) is 5.92 Å². The van der Waals surface area contributed by atoms with Crippen molar-refractivity contribution in [1.82, 2.24) is 0 Å². The van der Waals surface area contributed by atoms with Crippen molar-refractivity contribution in [3.8, 4) is 0 Å². The molecule has 0 heterocycles. The lowest BCUT2D eigenvalue weighted by Gasteiger charge is -2.15. The normalized spacial score (nSPS) is 14.2. The van der Waals surface area contributed by atoms with Crippen LogP contribution in [0.3, 0.4) is 0 Å². The molecule has 0 unspecified atom stereocenters. The number of rotatable bonds is 1. The third kappa shape index (κ3) is 11.2. The molecule has 98 valence electrons. The molecule has 3 heteroatoms. The average molecular weight is 232 g/mol. The van der Waals surface area contributed by atoms with Gasteiger partial charge in [-0.25, -0.2) is 0 Å². The van der Waals surface area contributed by atoms with Gasteiger partial charge in [0.1, 0.15) is 5.78 Å². The molecule has 16 heavy (non-hydrogen) atoms. The Labute approximate surface area is 100 Å². The molecule has 3 nitrogen and oxygen atoms in total. The molecular weight excluding hydrogens is 204 g/mol. The Balaban J connectivity index is -0.000000245. The summed E-state index contributed by atoms with van der Waals surface area (Å²) in [6.45, 7) is 12.0. The maximum atomic E-state index is 10.6. The zero-order chi connectivity index (χ0) is 13.6. The molecule has 0 radical (unpaired) electrons. The van der Waals surface area contributed by atoms with Gasteiger partial charge in [0.15, 0.2) is 0 Å². The molecule has 0 spiro atoms. The average Bonchev–Trinajstić information content (AvgIpc) is 2.37. The third-order valence-corrected chi connectivity index (χ3v) is 1.89. The van der Waals surface area contributed by atoms with E-state index in [4.69, 9.17) is 5.11 Å². The van der Waals surface area contributed by atoms with Crippen LogP contribution in [0.1, 0.15) is 67.2 Å². The zero-order valence-corrected chi connectivity index (χ0v) is 11.7. The molecule has 0 aliphatic heterocycles. The molecule has 0 aromatic rings. The van der Waals surface area contributed by atoms with E-state index in [1.807, 2.05) is 41.5 Å². The smallest absolute Gasteiger partial charge is 0.306 e. The molecule has 0 aromatic carbocycles. The minimum absolute atomic E-state index is 0.206. The Bertz CT molecular complexity index is 155. The van der Waals surface area contributed by atoms with Gasteiger partial charge in [0, 0.05) is 12.8 Å². The Hall–Kier alpha value is -0.860. The van der Waals surface area contributed by atoms with Crippen LogP contribution >= 0.6 is 0 Å². The van der Waals surface area contributed by atoms with Crippen molar-refractivity contribution >= 4 is 11.8 Å². The lowest BCUT2D eigenvalue weighted by molar-refractivity contribution is -0.143. The van der Waals surface area contributed by atoms with Gasteiger partial charge in [0.2, 0.25) is 0 Å². The summed E-state index contributed by atoms with van der Waals surface area (Å²) in [5.74, 6) is -0.817. The second-order valence-electron chi connectivity index (χ2n) is 2.65. The van der Waals surface area contributed by atoms with Crippen LogP contribution in [0.25, 0.3) is 0 Å². The third-order valence-electron chi connectivity index (χ3n) is 1.89. The maximum Gasteiger partial charge on any atom is 0.306 e. The predicted molar refractivity (Wildman–Crippen MR) is 68.6 cm³/mol. The molecule has 1 fully saturated rings. The van der Waals surface area contributed by atoms with Crippen LogP contribution in [-0.4, -0.2) is 16.9 Å². The van der Waals surface area contributed by atoms with E-state index in [0.717, 1.165) is 0 Å². The summed E-state index contributed by atoms with van der Waals surface area (Å²) < 4.78 is 0. The Morgan fingerprint density at radius 3 is 1.56 bits per heavy atom. The number of hydrogen-bond donors (Lipinski definition) is 1. The summed E-state index contributed by atoms with van der Waals surface area (Å²) >= 11 is 0. The van der Waals surface area contributed by atoms with Gasteiger partial charge in [-0.2, -0.15) is 0 Å². The summed E-state index contributed by atoms with van der Waals surface area (Å²) in [7, 11) is 0. The SMILES string of the molecule is CC.CC.CC.O=C1CCC(C(=O)O)CC1. The highest BCUT2D eigenvalue weighted by Crippen LogP contribution is 2.20. The van der Waals surface area contributed by atoms with Gasteiger partial charge in [0.05, 0.1) is 5.92 Å². The molecule has 1 rings (SSSR count). The van der Waals surface area contributed by atoms with Crippen molar-refractivity contribution in [3.05, 3.63) is 0 Å². The Morgan fingerprint density at radius 2 is 1.31 bits per heavy atom. The Kier molecular flexibility index (Phi) is 21.3. The lowest BCUT2D eigenvalue weighted by atomic mass is 9.89. The van der Waals surface area contributed by atoms with Crippen LogP contribution in [0.5, 0.6) is 0 Å². The van der Waals surface area contributed by atoms with Crippen LogP contribution in [-0.2, 0) is 9.59 Å². The van der Waals surface area contributed by atoms with Crippen LogP contribution in [0.15, 0.2) is 0 Å². The van der Waals surface area contributed by atoms with Crippen molar-refractivity contribution in [2.45, 2.75) is 67.2 Å². The monoisotopic (exact) mass is 232 g/mol. The van der Waals surface area contributed by atoms with Crippen LogP contribution in [0.4, 0.5) is 0 Å². The van der Waals surface area contributed by atoms with Crippen molar-refractivity contribution in [2.75, 3.05) is 0 Å². The van der Waals surface area contributed by atoms with Gasteiger partial charge in [-0.15, -0.1) is 0 Å². The minimum atomic E-state index is -0.757. The van der Waals surface area contributed by atoms with Gasteiger partial charge in [-0.3, -0.25) is 9.59 Å². The first-order valence-corrected chi connectivity index (χ1v) is 6.44. The fraction of sp³-hybridized carbons (Fsp3) is 0.846. The van der Waals surface area contributed by atoms with Crippen molar-refractivity contribution in [1.29, 1.82) is 0 Å². The second kappa shape index (κ2) is 16.6. The van der Waals surface area contributed by atoms with E-state index in [-0.39, 0.29) is 11.7 Å². The number of ketones is 1. The fourth-order valence-corrected chi connectivity index (χ4v) is 1.19. The molecule has 1 N–H and O–H groups in total. The van der Waals surface area contributed by atoms with E-state index in [0.29, 0.717) is 25.7 Å². The standard InChI is InChI=1S/C7H10O3.3C2H6/c8-6-3-1-5(2-4-6)7(9)10;3*1-2/h5H,1-4H2,(H,9,10);3*1-2H3. The zero-order valence-electron chi connectivity index (χ0n) is 11.7. The number of carboxylic acids is 1. The minimum Gasteiger partial charge on any atom is -0.481 e. The number of aliphatic carboxylic acids is 1. The quantitative estimate of drug-likeness (QED) is 0.745. The van der Waals surface area contributed by atoms with E-state index >= 15 is 0 Å². The fourth-order valence-electron chi connectivity index (χ4n) is 1.19. The largest absolute Gasteiger partial charge is 0.481 e. The number of carbonyl (C=O) groups excluding carboxylic acids is 1. The van der Waals surface area contributed by atoms with Crippen LogP contribution in [0.2, 0.25) is 0 Å². The first-order chi connectivity index (χ1) is 7.70. The highest BCUT2D eigenvalue weighted by molar-refractivity contribution is 5.81. The first-order valence-electron chi connectivity index (χ1n) is 6.44. The van der Waals surface area contributed by atoms with Crippen LogP contribution < -0.4 is 0 Å². The van der Waals surface area contributed by atoms with E-state index < -0.39 is 5.97 Å². The van der Waals surface area contributed by atoms with Gasteiger partial charge in [-0.1, -0.05) is 41.5 Å². The number of carbonyl (C=O) groups is 2. The van der Waals surface area contributed by atoms with Gasteiger partial charge in [-0.05, 0) is 12.8 Å². The summed E-state index contributed by atoms with van der Waals surface area (Å²) in [6.07, 6.45) is 1.98. The molecule has 0 bridgehead atoms. The van der Waals surface area contributed by atoms with Crippen molar-refractivity contribution < 1.29 is 14.7 Å². The molecule has 0 aromatic heterocycles. The van der Waals surface area contributed by atoms with Gasteiger partial charge >= 0.3 is 5.97 Å². The molecule has 0 atom stereocenters. The van der Waals surface area contributed by atoms with Crippen LogP contribution in [0, 0.1) is 5.92 Å².